The summed E-state index contributed by atoms with van der Waals surface area (Å²) in [5.41, 5.74) is 0.948. The molecular weight excluding hydrogens is 389 g/mol. The number of hydrogen-bond donors (Lipinski definition) is 1. The Labute approximate surface area is 173 Å². The number of furan rings is 1. The number of esters is 1. The molecule has 30 heavy (non-hydrogen) atoms. The quantitative estimate of drug-likeness (QED) is 0.533. The van der Waals surface area contributed by atoms with Crippen LogP contribution >= 0.6 is 0 Å². The van der Waals surface area contributed by atoms with Crippen molar-refractivity contribution in [3.05, 3.63) is 89.6 Å². The van der Waals surface area contributed by atoms with Gasteiger partial charge in [0.25, 0.3) is 5.91 Å². The van der Waals surface area contributed by atoms with Crippen molar-refractivity contribution >= 4 is 11.9 Å². The van der Waals surface area contributed by atoms with Crippen molar-refractivity contribution in [2.45, 2.75) is 32.6 Å². The fraction of sp³-hybridized carbons (Fsp3) is 0.217. The van der Waals surface area contributed by atoms with E-state index >= 15 is 0 Å². The van der Waals surface area contributed by atoms with Gasteiger partial charge in [-0.15, -0.1) is 0 Å². The average molecular weight is 411 g/mol. The Balaban J connectivity index is 1.51. The number of ether oxygens (including phenoxy) is 2. The first kappa shape index (κ1) is 21.1. The molecule has 1 atom stereocenters. The lowest BCUT2D eigenvalue weighted by molar-refractivity contribution is -0.130. The van der Waals surface area contributed by atoms with Gasteiger partial charge in [0, 0.05) is 6.54 Å². The summed E-state index contributed by atoms with van der Waals surface area (Å²) in [6, 6.07) is 18.0. The Hall–Kier alpha value is -3.61. The first-order valence-electron chi connectivity index (χ1n) is 9.55. The average Bonchev–Trinajstić information content (AvgIpc) is 3.25. The first-order valence-corrected chi connectivity index (χ1v) is 9.55. The molecule has 0 bridgehead atoms. The summed E-state index contributed by atoms with van der Waals surface area (Å²) in [5.74, 6) is -0.623. The first-order chi connectivity index (χ1) is 14.5. The number of carbonyl (C=O) groups is 2. The highest BCUT2D eigenvalue weighted by Crippen LogP contribution is 2.16. The zero-order chi connectivity index (χ0) is 21.3. The topological polar surface area (TPSA) is 77.8 Å². The van der Waals surface area contributed by atoms with Crippen LogP contribution in [-0.2, 0) is 22.7 Å². The van der Waals surface area contributed by atoms with Crippen molar-refractivity contribution in [1.29, 1.82) is 0 Å². The zero-order valence-corrected chi connectivity index (χ0v) is 16.5. The van der Waals surface area contributed by atoms with Gasteiger partial charge < -0.3 is 19.2 Å². The largest absolute Gasteiger partial charge is 0.486 e. The summed E-state index contributed by atoms with van der Waals surface area (Å²) in [4.78, 5) is 24.7. The fourth-order valence-electron chi connectivity index (χ4n) is 2.66. The molecule has 1 unspecified atom stereocenters. The van der Waals surface area contributed by atoms with Crippen molar-refractivity contribution in [1.82, 2.24) is 5.32 Å². The molecule has 0 saturated heterocycles. The molecule has 1 aromatic heterocycles. The molecule has 0 aliphatic heterocycles. The summed E-state index contributed by atoms with van der Waals surface area (Å²) < 4.78 is 29.1. The van der Waals surface area contributed by atoms with E-state index in [4.69, 9.17) is 13.9 Å². The number of carbonyl (C=O) groups excluding carboxylic acids is 2. The molecule has 0 spiro atoms. The van der Waals surface area contributed by atoms with Gasteiger partial charge in [0.05, 0.1) is 0 Å². The standard InChI is InChI=1S/C23H22FNO5/c1-2-20(22(26)25-14-16-6-4-3-5-7-16)30-23(27)21-13-12-19(29-21)15-28-18-10-8-17(24)9-11-18/h3-13,20H,2,14-15H2,1H3,(H,25,26). The van der Waals surface area contributed by atoms with Crippen LogP contribution in [0.15, 0.2) is 71.1 Å². The van der Waals surface area contributed by atoms with Gasteiger partial charge in [-0.3, -0.25) is 4.79 Å². The van der Waals surface area contributed by atoms with Gasteiger partial charge in [0.15, 0.2) is 6.10 Å². The maximum Gasteiger partial charge on any atom is 0.375 e. The summed E-state index contributed by atoms with van der Waals surface area (Å²) >= 11 is 0. The molecule has 0 radical (unpaired) electrons. The van der Waals surface area contributed by atoms with Gasteiger partial charge in [-0.05, 0) is 48.4 Å². The second-order valence-electron chi connectivity index (χ2n) is 6.51. The van der Waals surface area contributed by atoms with Gasteiger partial charge in [0.1, 0.15) is 23.9 Å². The molecule has 3 rings (SSSR count). The molecule has 1 amide bonds. The Morgan fingerprint density at radius 2 is 1.77 bits per heavy atom. The van der Waals surface area contributed by atoms with E-state index in [-0.39, 0.29) is 24.1 Å². The predicted molar refractivity (Wildman–Crippen MR) is 107 cm³/mol. The molecule has 0 fully saturated rings. The van der Waals surface area contributed by atoms with E-state index in [2.05, 4.69) is 5.32 Å². The highest BCUT2D eigenvalue weighted by atomic mass is 19.1. The third-order valence-corrected chi connectivity index (χ3v) is 4.28. The van der Waals surface area contributed by atoms with E-state index in [0.29, 0.717) is 24.5 Å². The molecule has 3 aromatic rings. The number of rotatable bonds is 9. The van der Waals surface area contributed by atoms with Gasteiger partial charge in [-0.25, -0.2) is 9.18 Å². The third kappa shape index (κ3) is 5.94. The molecule has 6 nitrogen and oxygen atoms in total. The normalized spacial score (nSPS) is 11.5. The lowest BCUT2D eigenvalue weighted by Crippen LogP contribution is -2.37. The molecule has 0 saturated carbocycles. The van der Waals surface area contributed by atoms with Crippen molar-refractivity contribution < 1.29 is 27.9 Å². The number of nitrogens with one attached hydrogen (secondary N) is 1. The highest BCUT2D eigenvalue weighted by Gasteiger charge is 2.23. The summed E-state index contributed by atoms with van der Waals surface area (Å²) in [5, 5.41) is 2.76. The second kappa shape index (κ2) is 10.2. The van der Waals surface area contributed by atoms with Gasteiger partial charge in [0.2, 0.25) is 5.76 Å². The summed E-state index contributed by atoms with van der Waals surface area (Å²) in [6.45, 7) is 2.16. The van der Waals surface area contributed by atoms with Gasteiger partial charge in [-0.2, -0.15) is 0 Å². The van der Waals surface area contributed by atoms with E-state index in [0.717, 1.165) is 5.56 Å². The lowest BCUT2D eigenvalue weighted by atomic mass is 10.2. The van der Waals surface area contributed by atoms with Crippen LogP contribution in [0.25, 0.3) is 0 Å². The van der Waals surface area contributed by atoms with Crippen LogP contribution in [0.2, 0.25) is 0 Å². The smallest absolute Gasteiger partial charge is 0.375 e. The van der Waals surface area contributed by atoms with Crippen LogP contribution in [0.3, 0.4) is 0 Å². The maximum atomic E-state index is 12.9. The molecule has 0 aliphatic rings. The number of hydrogen-bond acceptors (Lipinski definition) is 5. The Morgan fingerprint density at radius 3 is 2.47 bits per heavy atom. The maximum absolute atomic E-state index is 12.9. The van der Waals surface area contributed by atoms with Crippen molar-refractivity contribution in [2.75, 3.05) is 0 Å². The second-order valence-corrected chi connectivity index (χ2v) is 6.51. The van der Waals surface area contributed by atoms with E-state index in [9.17, 15) is 14.0 Å². The van der Waals surface area contributed by atoms with Crippen molar-refractivity contribution in [3.8, 4) is 5.75 Å². The Kier molecular flexibility index (Phi) is 7.21. The van der Waals surface area contributed by atoms with Crippen LogP contribution in [0, 0.1) is 5.82 Å². The molecule has 156 valence electrons. The monoisotopic (exact) mass is 411 g/mol. The number of benzene rings is 2. The Morgan fingerprint density at radius 1 is 1.03 bits per heavy atom. The highest BCUT2D eigenvalue weighted by molar-refractivity contribution is 5.90. The number of amides is 1. The fourth-order valence-corrected chi connectivity index (χ4v) is 2.66. The molecule has 2 aromatic carbocycles. The minimum absolute atomic E-state index is 0.0259. The molecular formula is C23H22FNO5. The molecule has 0 aliphatic carbocycles. The van der Waals surface area contributed by atoms with Crippen LogP contribution in [0.5, 0.6) is 5.75 Å². The van der Waals surface area contributed by atoms with Crippen LogP contribution in [0.1, 0.15) is 35.2 Å². The van der Waals surface area contributed by atoms with Crippen molar-refractivity contribution in [2.24, 2.45) is 0 Å². The third-order valence-electron chi connectivity index (χ3n) is 4.28. The zero-order valence-electron chi connectivity index (χ0n) is 16.5. The van der Waals surface area contributed by atoms with E-state index in [1.165, 1.54) is 30.3 Å². The van der Waals surface area contributed by atoms with Gasteiger partial charge in [-0.1, -0.05) is 37.3 Å². The number of halogens is 1. The van der Waals surface area contributed by atoms with Gasteiger partial charge >= 0.3 is 5.97 Å². The lowest BCUT2D eigenvalue weighted by Gasteiger charge is -2.15. The summed E-state index contributed by atoms with van der Waals surface area (Å²) in [6.07, 6.45) is -0.599. The van der Waals surface area contributed by atoms with Crippen LogP contribution in [-0.4, -0.2) is 18.0 Å². The van der Waals surface area contributed by atoms with E-state index < -0.39 is 12.1 Å². The predicted octanol–water partition coefficient (Wildman–Crippen LogP) is 4.25. The molecule has 1 heterocycles. The van der Waals surface area contributed by atoms with Crippen LogP contribution < -0.4 is 10.1 Å². The minimum atomic E-state index is -0.926. The van der Waals surface area contributed by atoms with E-state index in [1.807, 2.05) is 30.3 Å². The molecule has 7 heteroatoms. The molecule has 1 N–H and O–H groups in total. The minimum Gasteiger partial charge on any atom is -0.486 e. The van der Waals surface area contributed by atoms with E-state index in [1.54, 1.807) is 13.0 Å². The van der Waals surface area contributed by atoms with Crippen LogP contribution in [0.4, 0.5) is 4.39 Å². The Bertz CT molecular complexity index is 969. The van der Waals surface area contributed by atoms with Crippen molar-refractivity contribution in [3.63, 3.8) is 0 Å². The summed E-state index contributed by atoms with van der Waals surface area (Å²) in [7, 11) is 0. The SMILES string of the molecule is CCC(OC(=O)c1ccc(COc2ccc(F)cc2)o1)C(=O)NCc1ccccc1.